The van der Waals surface area contributed by atoms with Crippen molar-refractivity contribution < 1.29 is 4.79 Å². The van der Waals surface area contributed by atoms with Crippen LogP contribution in [-0.2, 0) is 4.79 Å². The molecule has 2 rings (SSSR count). The van der Waals surface area contributed by atoms with Gasteiger partial charge in [0.2, 0.25) is 5.91 Å². The Morgan fingerprint density at radius 3 is 3.06 bits per heavy atom. The molecular weight excluding hydrogens is 218 g/mol. The van der Waals surface area contributed by atoms with Gasteiger partial charge in [0.15, 0.2) is 0 Å². The first-order valence-corrected chi connectivity index (χ1v) is 6.02. The van der Waals surface area contributed by atoms with Crippen molar-refractivity contribution >= 4 is 33.4 Å². The zero-order chi connectivity index (χ0) is 11.4. The van der Waals surface area contributed by atoms with E-state index in [4.69, 9.17) is 0 Å². The second-order valence-electron chi connectivity index (χ2n) is 3.53. The fourth-order valence-electron chi connectivity index (χ4n) is 1.52. The molecule has 0 radical (unpaired) electrons. The highest BCUT2D eigenvalue weighted by molar-refractivity contribution is 7.17. The van der Waals surface area contributed by atoms with Crippen molar-refractivity contribution in [3.8, 4) is 0 Å². The smallest absolute Gasteiger partial charge is 0.217 e. The van der Waals surface area contributed by atoms with E-state index < -0.39 is 0 Å². The molecule has 0 atom stereocenters. The number of rotatable bonds is 3. The fourth-order valence-corrected chi connectivity index (χ4v) is 2.45. The second-order valence-corrected chi connectivity index (χ2v) is 4.44. The number of carbonyl (C=O) groups excluding carboxylic acids is 1. The van der Waals surface area contributed by atoms with E-state index in [1.165, 1.54) is 22.6 Å². The number of hydrogen-bond acceptors (Lipinski definition) is 2. The van der Waals surface area contributed by atoms with E-state index in [1.54, 1.807) is 11.3 Å². The van der Waals surface area contributed by atoms with Gasteiger partial charge in [-0.2, -0.15) is 0 Å². The number of benzene rings is 1. The third-order valence-electron chi connectivity index (χ3n) is 2.28. The average Bonchev–Trinajstić information content (AvgIpc) is 2.68. The largest absolute Gasteiger partial charge is 0.353 e. The van der Waals surface area contributed by atoms with Crippen LogP contribution in [0.4, 0.5) is 0 Å². The highest BCUT2D eigenvalue weighted by Crippen LogP contribution is 2.26. The van der Waals surface area contributed by atoms with E-state index in [9.17, 15) is 4.79 Å². The van der Waals surface area contributed by atoms with Crippen LogP contribution in [0.3, 0.4) is 0 Å². The molecule has 1 heterocycles. The van der Waals surface area contributed by atoms with Gasteiger partial charge in [0.25, 0.3) is 0 Å². The first-order chi connectivity index (χ1) is 7.77. The zero-order valence-electron chi connectivity index (χ0n) is 9.07. The lowest BCUT2D eigenvalue weighted by Crippen LogP contribution is -2.19. The summed E-state index contributed by atoms with van der Waals surface area (Å²) < 4.78 is 1.29. The summed E-state index contributed by atoms with van der Waals surface area (Å²) in [6, 6.07) is 8.32. The Morgan fingerprint density at radius 2 is 2.25 bits per heavy atom. The molecule has 82 valence electrons. The van der Waals surface area contributed by atoms with Crippen LogP contribution in [0.5, 0.6) is 0 Å². The monoisotopic (exact) mass is 231 g/mol. The van der Waals surface area contributed by atoms with Crippen LogP contribution in [-0.4, -0.2) is 12.5 Å². The highest BCUT2D eigenvalue weighted by atomic mass is 32.1. The first kappa shape index (κ1) is 10.9. The molecule has 3 heteroatoms. The molecular formula is C13H13NOS. The Kier molecular flexibility index (Phi) is 3.37. The molecule has 2 aromatic rings. The molecule has 2 nitrogen and oxygen atoms in total. The highest BCUT2D eigenvalue weighted by Gasteiger charge is 1.98. The fraction of sp³-hybridized carbons (Fsp3) is 0.154. The molecule has 0 aliphatic rings. The summed E-state index contributed by atoms with van der Waals surface area (Å²) in [5, 5.41) is 6.14. The second kappa shape index (κ2) is 4.94. The third kappa shape index (κ3) is 2.49. The van der Waals surface area contributed by atoms with E-state index in [0.29, 0.717) is 6.54 Å². The van der Waals surface area contributed by atoms with Crippen molar-refractivity contribution in [2.75, 3.05) is 6.54 Å². The lowest BCUT2D eigenvalue weighted by molar-refractivity contribution is -0.118. The molecule has 0 saturated heterocycles. The van der Waals surface area contributed by atoms with Gasteiger partial charge in [0.05, 0.1) is 0 Å². The minimum Gasteiger partial charge on any atom is -0.353 e. The van der Waals surface area contributed by atoms with Gasteiger partial charge in [0.1, 0.15) is 0 Å². The number of carbonyl (C=O) groups is 1. The lowest BCUT2D eigenvalue weighted by atomic mass is 10.2. The number of amides is 1. The van der Waals surface area contributed by atoms with Gasteiger partial charge in [0, 0.05) is 18.2 Å². The number of thiophene rings is 1. The maximum atomic E-state index is 10.7. The molecule has 0 spiro atoms. The third-order valence-corrected chi connectivity index (χ3v) is 3.26. The number of fused-ring (bicyclic) bond motifs is 1. The standard InChI is InChI=1S/C13H13NOS/c1-10(15)14-8-4-5-11-9-16-13-7-3-2-6-12(11)13/h2-7,9H,8H2,1H3,(H,14,15). The lowest BCUT2D eigenvalue weighted by Gasteiger charge is -1.94. The van der Waals surface area contributed by atoms with E-state index in [-0.39, 0.29) is 5.91 Å². The van der Waals surface area contributed by atoms with Crippen molar-refractivity contribution in [2.45, 2.75) is 6.92 Å². The van der Waals surface area contributed by atoms with E-state index in [1.807, 2.05) is 18.2 Å². The number of nitrogens with one attached hydrogen (secondary N) is 1. The summed E-state index contributed by atoms with van der Waals surface area (Å²) in [5.74, 6) is -0.000160. The quantitative estimate of drug-likeness (QED) is 0.864. The summed E-state index contributed by atoms with van der Waals surface area (Å²) in [6.07, 6.45) is 4.02. The number of hydrogen-bond donors (Lipinski definition) is 1. The molecule has 1 N–H and O–H groups in total. The summed E-state index contributed by atoms with van der Waals surface area (Å²) in [5.41, 5.74) is 1.21. The molecule has 16 heavy (non-hydrogen) atoms. The van der Waals surface area contributed by atoms with Crippen LogP contribution < -0.4 is 5.32 Å². The minimum atomic E-state index is -0.000160. The van der Waals surface area contributed by atoms with Crippen LogP contribution >= 0.6 is 11.3 Å². The summed E-state index contributed by atoms with van der Waals surface area (Å²) in [7, 11) is 0. The SMILES string of the molecule is CC(=O)NCC=Cc1csc2ccccc12. The molecule has 1 aromatic heterocycles. The minimum absolute atomic E-state index is 0.000160. The van der Waals surface area contributed by atoms with Crippen molar-refractivity contribution in [3.63, 3.8) is 0 Å². The van der Waals surface area contributed by atoms with Gasteiger partial charge in [-0.25, -0.2) is 0 Å². The van der Waals surface area contributed by atoms with Crippen LogP contribution in [0.1, 0.15) is 12.5 Å². The van der Waals surface area contributed by atoms with Crippen LogP contribution in [0, 0.1) is 0 Å². The maximum Gasteiger partial charge on any atom is 0.217 e. The Bertz CT molecular complexity index is 527. The van der Waals surface area contributed by atoms with E-state index >= 15 is 0 Å². The zero-order valence-corrected chi connectivity index (χ0v) is 9.88. The Morgan fingerprint density at radius 1 is 1.44 bits per heavy atom. The Labute approximate surface area is 98.6 Å². The Hall–Kier alpha value is -1.61. The van der Waals surface area contributed by atoms with Crippen LogP contribution in [0.15, 0.2) is 35.7 Å². The van der Waals surface area contributed by atoms with Gasteiger partial charge in [-0.1, -0.05) is 30.4 Å². The van der Waals surface area contributed by atoms with Crippen LogP contribution in [0.2, 0.25) is 0 Å². The molecule has 0 aliphatic carbocycles. The molecule has 0 aliphatic heterocycles. The molecule has 0 saturated carbocycles. The molecule has 0 bridgehead atoms. The predicted molar refractivity (Wildman–Crippen MR) is 69.5 cm³/mol. The topological polar surface area (TPSA) is 29.1 Å². The van der Waals surface area contributed by atoms with Gasteiger partial charge in [-0.3, -0.25) is 4.79 Å². The van der Waals surface area contributed by atoms with Crippen LogP contribution in [0.25, 0.3) is 16.2 Å². The normalized spacial score (nSPS) is 11.1. The van der Waals surface area contributed by atoms with Crippen molar-refractivity contribution in [3.05, 3.63) is 41.3 Å². The molecule has 1 amide bonds. The van der Waals surface area contributed by atoms with Crippen molar-refractivity contribution in [2.24, 2.45) is 0 Å². The molecule has 0 fully saturated rings. The summed E-state index contributed by atoms with van der Waals surface area (Å²) >= 11 is 1.74. The summed E-state index contributed by atoms with van der Waals surface area (Å²) in [4.78, 5) is 10.7. The van der Waals surface area contributed by atoms with Gasteiger partial charge >= 0.3 is 0 Å². The average molecular weight is 231 g/mol. The van der Waals surface area contributed by atoms with E-state index in [2.05, 4.69) is 28.9 Å². The summed E-state index contributed by atoms with van der Waals surface area (Å²) in [6.45, 7) is 2.10. The van der Waals surface area contributed by atoms with Crippen molar-refractivity contribution in [1.29, 1.82) is 0 Å². The maximum absolute atomic E-state index is 10.7. The van der Waals surface area contributed by atoms with Crippen molar-refractivity contribution in [1.82, 2.24) is 5.32 Å². The first-order valence-electron chi connectivity index (χ1n) is 5.14. The van der Waals surface area contributed by atoms with Gasteiger partial charge < -0.3 is 5.32 Å². The van der Waals surface area contributed by atoms with Gasteiger partial charge in [-0.15, -0.1) is 11.3 Å². The molecule has 0 unspecified atom stereocenters. The predicted octanol–water partition coefficient (Wildman–Crippen LogP) is 3.05. The Balaban J connectivity index is 2.12. The van der Waals surface area contributed by atoms with Gasteiger partial charge in [-0.05, 0) is 22.4 Å². The van der Waals surface area contributed by atoms with E-state index in [0.717, 1.165) is 0 Å². The molecule has 1 aromatic carbocycles.